The van der Waals surface area contributed by atoms with E-state index in [4.69, 9.17) is 5.11 Å². The van der Waals surface area contributed by atoms with Crippen molar-refractivity contribution in [2.75, 3.05) is 13.2 Å². The van der Waals surface area contributed by atoms with Gasteiger partial charge in [-0.2, -0.15) is 0 Å². The van der Waals surface area contributed by atoms with Gasteiger partial charge >= 0.3 is 5.97 Å². The number of rotatable bonds is 5. The Morgan fingerprint density at radius 3 is 2.27 bits per heavy atom. The molecule has 0 aliphatic carbocycles. The Morgan fingerprint density at radius 1 is 1.53 bits per heavy atom. The molecular weight excluding hydrogens is 198 g/mol. The topological polar surface area (TPSA) is 89.6 Å². The molecule has 86 valence electrons. The largest absolute Gasteiger partial charge is 0.462 e. The van der Waals surface area contributed by atoms with Gasteiger partial charge in [0, 0.05) is 18.6 Å². The Kier molecular flexibility index (Phi) is 11.0. The number of esters is 1. The lowest BCUT2D eigenvalue weighted by molar-refractivity contribution is -0.139. The van der Waals surface area contributed by atoms with Crippen LogP contribution in [-0.2, 0) is 14.3 Å². The summed E-state index contributed by atoms with van der Waals surface area (Å²) in [4.78, 5) is 20.1. The average Bonchev–Trinajstić information content (AvgIpc) is 2.18. The monoisotopic (exact) mass is 215 g/mol. The third-order valence-corrected chi connectivity index (χ3v) is 1.09. The fourth-order valence-corrected chi connectivity index (χ4v) is 0.353. The van der Waals surface area contributed by atoms with Crippen LogP contribution in [0.2, 0.25) is 0 Å². The van der Waals surface area contributed by atoms with E-state index in [2.05, 4.69) is 23.6 Å². The van der Waals surface area contributed by atoms with Gasteiger partial charge in [-0.05, 0) is 13.0 Å². The molecule has 0 atom stereocenters. The van der Waals surface area contributed by atoms with Crippen LogP contribution in [0.5, 0.6) is 0 Å². The maximum absolute atomic E-state index is 10.6. The van der Waals surface area contributed by atoms with Gasteiger partial charge in [-0.1, -0.05) is 13.2 Å². The molecule has 1 amide bonds. The molecule has 0 aromatic rings. The molecule has 5 nitrogen and oxygen atoms in total. The molecule has 0 spiro atoms. The first-order chi connectivity index (χ1) is 6.95. The maximum Gasteiger partial charge on any atom is 0.333 e. The van der Waals surface area contributed by atoms with E-state index in [0.717, 1.165) is 6.08 Å². The highest BCUT2D eigenvalue weighted by Crippen LogP contribution is 1.92. The van der Waals surface area contributed by atoms with Crippen molar-refractivity contribution in [3.63, 3.8) is 0 Å². The predicted molar refractivity (Wildman–Crippen MR) is 56.9 cm³/mol. The van der Waals surface area contributed by atoms with Gasteiger partial charge in [0.15, 0.2) is 0 Å². The number of nitrogens with two attached hydrogens (primary N) is 1. The summed E-state index contributed by atoms with van der Waals surface area (Å²) in [6.07, 6.45) is 1.54. The summed E-state index contributed by atoms with van der Waals surface area (Å²) in [7, 11) is 0. The molecule has 0 aromatic heterocycles. The molecule has 15 heavy (non-hydrogen) atoms. The summed E-state index contributed by atoms with van der Waals surface area (Å²) < 4.78 is 4.65. The van der Waals surface area contributed by atoms with Gasteiger partial charge in [0.25, 0.3) is 0 Å². The van der Waals surface area contributed by atoms with Crippen molar-refractivity contribution in [2.24, 2.45) is 5.73 Å². The Balaban J connectivity index is 0. The lowest BCUT2D eigenvalue weighted by atomic mass is 10.4. The highest BCUT2D eigenvalue weighted by molar-refractivity contribution is 5.86. The average molecular weight is 215 g/mol. The number of ether oxygens (including phenoxy) is 1. The van der Waals surface area contributed by atoms with Gasteiger partial charge in [0.2, 0.25) is 5.91 Å². The molecule has 0 rings (SSSR count). The van der Waals surface area contributed by atoms with E-state index in [1.54, 1.807) is 6.92 Å². The van der Waals surface area contributed by atoms with E-state index in [-0.39, 0.29) is 13.2 Å². The Hall–Kier alpha value is -1.62. The number of carbonyl (C=O) groups excluding carboxylic acids is 2. The number of aliphatic hydroxyl groups excluding tert-OH is 1. The molecule has 0 heterocycles. The van der Waals surface area contributed by atoms with Crippen LogP contribution in [0, 0.1) is 0 Å². The zero-order valence-corrected chi connectivity index (χ0v) is 8.86. The fourth-order valence-electron chi connectivity index (χ4n) is 0.353. The number of amides is 1. The van der Waals surface area contributed by atoms with E-state index in [9.17, 15) is 9.59 Å². The maximum atomic E-state index is 10.6. The zero-order chi connectivity index (χ0) is 12.3. The molecule has 5 heteroatoms. The molecule has 0 fully saturated rings. The van der Waals surface area contributed by atoms with Gasteiger partial charge in [0.05, 0.1) is 6.61 Å². The van der Waals surface area contributed by atoms with Crippen LogP contribution < -0.4 is 5.73 Å². The second-order valence-electron chi connectivity index (χ2n) is 2.60. The van der Waals surface area contributed by atoms with Crippen LogP contribution in [0.1, 0.15) is 13.3 Å². The van der Waals surface area contributed by atoms with E-state index < -0.39 is 11.9 Å². The first-order valence-corrected chi connectivity index (χ1v) is 4.31. The summed E-state index contributed by atoms with van der Waals surface area (Å²) in [5, 5.41) is 8.30. The van der Waals surface area contributed by atoms with Gasteiger partial charge in [-0.15, -0.1) is 0 Å². The molecule has 0 aliphatic heterocycles. The predicted octanol–water partition coefficient (Wildman–Crippen LogP) is 0.146. The van der Waals surface area contributed by atoms with Gasteiger partial charge in [0.1, 0.15) is 0 Å². The van der Waals surface area contributed by atoms with Crippen LogP contribution in [0.15, 0.2) is 24.8 Å². The molecule has 0 saturated heterocycles. The molecule has 0 unspecified atom stereocenters. The smallest absolute Gasteiger partial charge is 0.333 e. The Bertz CT molecular complexity index is 236. The molecule has 0 aromatic carbocycles. The zero-order valence-electron chi connectivity index (χ0n) is 8.86. The van der Waals surface area contributed by atoms with Crippen molar-refractivity contribution in [3.05, 3.63) is 24.8 Å². The van der Waals surface area contributed by atoms with E-state index in [0.29, 0.717) is 12.0 Å². The van der Waals surface area contributed by atoms with Crippen molar-refractivity contribution in [1.82, 2.24) is 0 Å². The van der Waals surface area contributed by atoms with Crippen molar-refractivity contribution in [3.8, 4) is 0 Å². The molecule has 0 aliphatic rings. The second-order valence-corrected chi connectivity index (χ2v) is 2.60. The van der Waals surface area contributed by atoms with E-state index in [1.807, 2.05) is 0 Å². The fraction of sp³-hybridized carbons (Fsp3) is 0.400. The Morgan fingerprint density at radius 2 is 2.00 bits per heavy atom. The van der Waals surface area contributed by atoms with Crippen molar-refractivity contribution < 1.29 is 19.4 Å². The number of carbonyl (C=O) groups is 2. The SMILES string of the molecule is C=C(C)C(=O)OCCCO.C=CC(N)=O. The minimum absolute atomic E-state index is 0.0451. The molecular formula is C10H17NO4. The minimum Gasteiger partial charge on any atom is -0.462 e. The van der Waals surface area contributed by atoms with Crippen LogP contribution in [0.3, 0.4) is 0 Å². The summed E-state index contributed by atoms with van der Waals surface area (Å²) in [5.41, 5.74) is 4.92. The van der Waals surface area contributed by atoms with Crippen molar-refractivity contribution >= 4 is 11.9 Å². The number of hydrogen-bond acceptors (Lipinski definition) is 4. The van der Waals surface area contributed by atoms with Crippen molar-refractivity contribution in [2.45, 2.75) is 13.3 Å². The number of primary amides is 1. The minimum atomic E-state index is -0.481. The Labute approximate surface area is 89.2 Å². The highest BCUT2D eigenvalue weighted by atomic mass is 16.5. The van der Waals surface area contributed by atoms with E-state index in [1.165, 1.54) is 0 Å². The number of aliphatic hydroxyl groups is 1. The van der Waals surface area contributed by atoms with Crippen LogP contribution in [-0.4, -0.2) is 30.2 Å². The third-order valence-electron chi connectivity index (χ3n) is 1.09. The highest BCUT2D eigenvalue weighted by Gasteiger charge is 2.00. The summed E-state index contributed by atoms with van der Waals surface area (Å²) in [6.45, 7) is 8.38. The molecule has 0 radical (unpaired) electrons. The van der Waals surface area contributed by atoms with Crippen LogP contribution >= 0.6 is 0 Å². The molecule has 0 bridgehead atoms. The van der Waals surface area contributed by atoms with E-state index >= 15 is 0 Å². The third kappa shape index (κ3) is 15.2. The number of hydrogen-bond donors (Lipinski definition) is 2. The lowest BCUT2D eigenvalue weighted by Gasteiger charge is -2.00. The normalized spacial score (nSPS) is 8.13. The van der Waals surface area contributed by atoms with Gasteiger partial charge in [-0.25, -0.2) is 4.79 Å². The van der Waals surface area contributed by atoms with Gasteiger partial charge < -0.3 is 15.6 Å². The van der Waals surface area contributed by atoms with Crippen LogP contribution in [0.4, 0.5) is 0 Å². The first-order valence-electron chi connectivity index (χ1n) is 4.31. The summed E-state index contributed by atoms with van der Waals surface area (Å²) in [6, 6.07) is 0. The first kappa shape index (κ1) is 15.8. The van der Waals surface area contributed by atoms with Crippen LogP contribution in [0.25, 0.3) is 0 Å². The standard InChI is InChI=1S/C7H12O3.C3H5NO/c1-6(2)7(9)10-5-3-4-8;1-2-3(4)5/h8H,1,3-5H2,2H3;2H,1H2,(H2,4,5). The second kappa shape index (κ2) is 10.5. The summed E-state index contributed by atoms with van der Waals surface area (Å²) >= 11 is 0. The van der Waals surface area contributed by atoms with Crippen molar-refractivity contribution in [1.29, 1.82) is 0 Å². The molecule has 3 N–H and O–H groups in total. The summed E-state index contributed by atoms with van der Waals surface area (Å²) in [5.74, 6) is -0.876. The van der Waals surface area contributed by atoms with Gasteiger partial charge in [-0.3, -0.25) is 4.79 Å². The quantitative estimate of drug-likeness (QED) is 0.388. The molecule has 0 saturated carbocycles. The lowest BCUT2D eigenvalue weighted by Crippen LogP contribution is -2.06.